The van der Waals surface area contributed by atoms with Crippen LogP contribution in [0.25, 0.3) is 22.4 Å². The molecule has 0 unspecified atom stereocenters. The predicted octanol–water partition coefficient (Wildman–Crippen LogP) is 4.50. The van der Waals surface area contributed by atoms with Gasteiger partial charge in [-0.15, -0.1) is 0 Å². The van der Waals surface area contributed by atoms with Crippen LogP contribution in [-0.2, 0) is 18.3 Å². The van der Waals surface area contributed by atoms with Crippen LogP contribution >= 0.6 is 0 Å². The lowest BCUT2D eigenvalue weighted by Crippen LogP contribution is -2.30. The Hall–Kier alpha value is -4.00. The number of rotatable bonds is 6. The summed E-state index contributed by atoms with van der Waals surface area (Å²) in [5, 5.41) is 4.69. The monoisotopic (exact) mass is 430 g/mol. The number of aromatic nitrogens is 3. The van der Waals surface area contributed by atoms with Crippen LogP contribution in [0.1, 0.15) is 5.56 Å². The number of halogens is 1. The van der Waals surface area contributed by atoms with E-state index in [0.29, 0.717) is 17.3 Å². The summed E-state index contributed by atoms with van der Waals surface area (Å²) in [6.07, 6.45) is 3.56. The van der Waals surface area contributed by atoms with Gasteiger partial charge in [0.15, 0.2) is 0 Å². The number of hydrogen-bond donors (Lipinski definition) is 0. The molecule has 2 aromatic heterocycles. The molecule has 0 aliphatic carbocycles. The molecule has 32 heavy (non-hydrogen) atoms. The fourth-order valence-corrected chi connectivity index (χ4v) is 3.74. The summed E-state index contributed by atoms with van der Waals surface area (Å²) in [6, 6.07) is 17.4. The van der Waals surface area contributed by atoms with Crippen molar-refractivity contribution in [3.05, 3.63) is 84.4 Å². The van der Waals surface area contributed by atoms with Gasteiger partial charge in [-0.05, 0) is 48.0 Å². The van der Waals surface area contributed by atoms with Crippen molar-refractivity contribution in [1.29, 1.82) is 0 Å². The summed E-state index contributed by atoms with van der Waals surface area (Å²) >= 11 is 0. The van der Waals surface area contributed by atoms with Gasteiger partial charge < -0.3 is 4.74 Å². The predicted molar refractivity (Wildman–Crippen MR) is 122 cm³/mol. The molecule has 0 aliphatic heterocycles. The van der Waals surface area contributed by atoms with E-state index in [1.807, 2.05) is 36.4 Å². The summed E-state index contributed by atoms with van der Waals surface area (Å²) in [6.45, 7) is 0. The van der Waals surface area contributed by atoms with Crippen molar-refractivity contribution in [1.82, 2.24) is 14.8 Å². The average molecular weight is 430 g/mol. The maximum Gasteiger partial charge on any atom is 0.232 e. The molecule has 1 amide bonds. The van der Waals surface area contributed by atoms with E-state index in [2.05, 4.69) is 10.1 Å². The average Bonchev–Trinajstić information content (AvgIpc) is 3.16. The SMILES string of the molecule is COc1ccccc1CC(=O)N(C)c1c(-c2ccncc2)c(-c2ccc(F)cc2)nn1C. The molecule has 0 saturated heterocycles. The first-order valence-electron chi connectivity index (χ1n) is 10.1. The van der Waals surface area contributed by atoms with Crippen molar-refractivity contribution in [2.75, 3.05) is 19.1 Å². The van der Waals surface area contributed by atoms with Gasteiger partial charge in [0, 0.05) is 37.6 Å². The third kappa shape index (κ3) is 4.09. The van der Waals surface area contributed by atoms with Gasteiger partial charge in [0.05, 0.1) is 19.1 Å². The zero-order valence-electron chi connectivity index (χ0n) is 18.1. The minimum absolute atomic E-state index is 0.113. The molecule has 0 fully saturated rings. The van der Waals surface area contributed by atoms with Crippen LogP contribution in [0.4, 0.5) is 10.2 Å². The molecule has 2 aromatic carbocycles. The van der Waals surface area contributed by atoms with E-state index in [1.54, 1.807) is 55.3 Å². The zero-order valence-corrected chi connectivity index (χ0v) is 18.1. The van der Waals surface area contributed by atoms with Crippen molar-refractivity contribution in [2.24, 2.45) is 7.05 Å². The Morgan fingerprint density at radius 3 is 2.41 bits per heavy atom. The first-order valence-corrected chi connectivity index (χ1v) is 10.1. The molecular weight excluding hydrogens is 407 g/mol. The Bertz CT molecular complexity index is 1240. The van der Waals surface area contributed by atoms with E-state index in [-0.39, 0.29) is 18.1 Å². The maximum absolute atomic E-state index is 13.5. The van der Waals surface area contributed by atoms with Gasteiger partial charge in [-0.1, -0.05) is 18.2 Å². The summed E-state index contributed by atoms with van der Waals surface area (Å²) < 4.78 is 20.6. The van der Waals surface area contributed by atoms with Crippen LogP contribution < -0.4 is 9.64 Å². The van der Waals surface area contributed by atoms with E-state index in [1.165, 1.54) is 12.1 Å². The van der Waals surface area contributed by atoms with Gasteiger partial charge in [-0.2, -0.15) is 5.10 Å². The molecule has 2 heterocycles. The second-order valence-electron chi connectivity index (χ2n) is 7.35. The Balaban J connectivity index is 1.79. The molecule has 0 atom stereocenters. The standard InChI is InChI=1S/C25H23FN4O2/c1-29(22(31)16-19-6-4-5-7-21(19)32-3)25-23(17-12-14-27-15-13-17)24(28-30(25)2)18-8-10-20(26)11-9-18/h4-15H,16H2,1-3H3. The molecule has 0 aliphatic rings. The lowest BCUT2D eigenvalue weighted by atomic mass is 10.0. The highest BCUT2D eigenvalue weighted by molar-refractivity contribution is 6.00. The molecule has 0 saturated carbocycles. The summed E-state index contributed by atoms with van der Waals surface area (Å²) in [5.41, 5.74) is 3.85. The summed E-state index contributed by atoms with van der Waals surface area (Å²) in [5.74, 6) is 0.869. The van der Waals surface area contributed by atoms with E-state index in [4.69, 9.17) is 4.74 Å². The number of likely N-dealkylation sites (N-methyl/N-ethyl adjacent to an activating group) is 1. The van der Waals surface area contributed by atoms with Crippen molar-refractivity contribution in [2.45, 2.75) is 6.42 Å². The fraction of sp³-hybridized carbons (Fsp3) is 0.160. The van der Waals surface area contributed by atoms with Crippen molar-refractivity contribution < 1.29 is 13.9 Å². The molecule has 0 spiro atoms. The Kier molecular flexibility index (Phi) is 5.98. The number of para-hydroxylation sites is 1. The quantitative estimate of drug-likeness (QED) is 0.452. The van der Waals surface area contributed by atoms with Crippen LogP contribution in [0.5, 0.6) is 5.75 Å². The van der Waals surface area contributed by atoms with Crippen molar-refractivity contribution in [3.63, 3.8) is 0 Å². The Morgan fingerprint density at radius 1 is 1.03 bits per heavy atom. The van der Waals surface area contributed by atoms with Crippen LogP contribution in [0, 0.1) is 5.82 Å². The van der Waals surface area contributed by atoms with Gasteiger partial charge >= 0.3 is 0 Å². The third-order valence-electron chi connectivity index (χ3n) is 5.33. The minimum atomic E-state index is -0.320. The number of nitrogens with zero attached hydrogens (tertiary/aromatic N) is 4. The fourth-order valence-electron chi connectivity index (χ4n) is 3.74. The largest absolute Gasteiger partial charge is 0.496 e. The minimum Gasteiger partial charge on any atom is -0.496 e. The highest BCUT2D eigenvalue weighted by Gasteiger charge is 2.25. The number of pyridine rings is 1. The van der Waals surface area contributed by atoms with Gasteiger partial charge in [-0.25, -0.2) is 4.39 Å². The highest BCUT2D eigenvalue weighted by atomic mass is 19.1. The molecule has 0 radical (unpaired) electrons. The van der Waals surface area contributed by atoms with E-state index in [9.17, 15) is 9.18 Å². The van der Waals surface area contributed by atoms with Gasteiger partial charge in [0.1, 0.15) is 23.1 Å². The molecule has 4 rings (SSSR count). The smallest absolute Gasteiger partial charge is 0.232 e. The number of methoxy groups -OCH3 is 1. The molecule has 4 aromatic rings. The first kappa shape index (κ1) is 21.2. The highest BCUT2D eigenvalue weighted by Crippen LogP contribution is 2.39. The topological polar surface area (TPSA) is 60.2 Å². The molecule has 162 valence electrons. The normalized spacial score (nSPS) is 10.8. The summed E-state index contributed by atoms with van der Waals surface area (Å²) in [7, 11) is 5.11. The van der Waals surface area contributed by atoms with Crippen molar-refractivity contribution >= 4 is 11.7 Å². The number of benzene rings is 2. The molecule has 0 N–H and O–H groups in total. The van der Waals surface area contributed by atoms with Crippen LogP contribution in [0.15, 0.2) is 73.1 Å². The second-order valence-corrected chi connectivity index (χ2v) is 7.35. The first-order chi connectivity index (χ1) is 15.5. The van der Waals surface area contributed by atoms with Crippen LogP contribution in [0.2, 0.25) is 0 Å². The number of carbonyl (C=O) groups excluding carboxylic acids is 1. The van der Waals surface area contributed by atoms with Gasteiger partial charge in [0.2, 0.25) is 5.91 Å². The number of anilines is 1. The Morgan fingerprint density at radius 2 is 1.72 bits per heavy atom. The zero-order chi connectivity index (χ0) is 22.7. The molecule has 7 heteroatoms. The van der Waals surface area contributed by atoms with Crippen LogP contribution in [-0.4, -0.2) is 34.8 Å². The van der Waals surface area contributed by atoms with Crippen LogP contribution in [0.3, 0.4) is 0 Å². The molecule has 6 nitrogen and oxygen atoms in total. The lowest BCUT2D eigenvalue weighted by Gasteiger charge is -2.20. The Labute approximate surface area is 185 Å². The number of amides is 1. The van der Waals surface area contributed by atoms with Crippen molar-refractivity contribution in [3.8, 4) is 28.1 Å². The maximum atomic E-state index is 13.5. The van der Waals surface area contributed by atoms with E-state index < -0.39 is 0 Å². The number of carbonyl (C=O) groups is 1. The summed E-state index contributed by atoms with van der Waals surface area (Å²) in [4.78, 5) is 19.0. The molecule has 0 bridgehead atoms. The number of hydrogen-bond acceptors (Lipinski definition) is 4. The second kappa shape index (κ2) is 9.01. The third-order valence-corrected chi connectivity index (χ3v) is 5.33. The number of aryl methyl sites for hydroxylation is 1. The van der Waals surface area contributed by atoms with E-state index in [0.717, 1.165) is 22.3 Å². The number of ether oxygens (including phenoxy) is 1. The van der Waals surface area contributed by atoms with Gasteiger partial charge in [-0.3, -0.25) is 19.4 Å². The molecular formula is C25H23FN4O2. The van der Waals surface area contributed by atoms with E-state index >= 15 is 0 Å². The lowest BCUT2D eigenvalue weighted by molar-refractivity contribution is -0.117. The van der Waals surface area contributed by atoms with Gasteiger partial charge in [0.25, 0.3) is 0 Å².